The van der Waals surface area contributed by atoms with Crippen molar-refractivity contribution in [3.63, 3.8) is 0 Å². The van der Waals surface area contributed by atoms with Crippen LogP contribution in [0.3, 0.4) is 0 Å². The molecule has 0 saturated carbocycles. The number of aryl methyl sites for hydroxylation is 1. The lowest BCUT2D eigenvalue weighted by Gasteiger charge is -1.98. The molecule has 0 unspecified atom stereocenters. The number of carbonyl (C=O) groups excluding carboxylic acids is 1. The summed E-state index contributed by atoms with van der Waals surface area (Å²) in [6.07, 6.45) is 1.03. The first-order chi connectivity index (χ1) is 7.13. The Morgan fingerprint density at radius 3 is 2.93 bits per heavy atom. The van der Waals surface area contributed by atoms with E-state index in [0.29, 0.717) is 16.1 Å². The van der Waals surface area contributed by atoms with Crippen molar-refractivity contribution in [2.24, 2.45) is 7.05 Å². The summed E-state index contributed by atoms with van der Waals surface area (Å²) in [6, 6.07) is 3.31. The molecular formula is C10H8ClNO3. The van der Waals surface area contributed by atoms with Crippen LogP contribution in [0.5, 0.6) is 0 Å². The van der Waals surface area contributed by atoms with E-state index in [4.69, 9.17) is 16.0 Å². The van der Waals surface area contributed by atoms with E-state index >= 15 is 0 Å². The Balaban J connectivity index is 2.78. The number of aromatic nitrogens is 1. The van der Waals surface area contributed by atoms with Crippen LogP contribution >= 0.6 is 11.6 Å². The number of nitrogens with zero attached hydrogens (tertiary/aromatic N) is 1. The van der Waals surface area contributed by atoms with Gasteiger partial charge in [0.1, 0.15) is 11.8 Å². The average molecular weight is 226 g/mol. The summed E-state index contributed by atoms with van der Waals surface area (Å²) >= 11 is 5.98. The third-order valence-electron chi connectivity index (χ3n) is 2.21. The topological polar surface area (TPSA) is 52.2 Å². The molecule has 0 radical (unpaired) electrons. The van der Waals surface area contributed by atoms with E-state index in [1.54, 1.807) is 19.2 Å². The predicted octanol–water partition coefficient (Wildman–Crippen LogP) is 1.53. The van der Waals surface area contributed by atoms with E-state index in [2.05, 4.69) is 0 Å². The number of hydrogen-bond acceptors (Lipinski definition) is 3. The van der Waals surface area contributed by atoms with Gasteiger partial charge in [0.05, 0.1) is 5.02 Å². The monoisotopic (exact) mass is 225 g/mol. The molecule has 0 aliphatic rings. The van der Waals surface area contributed by atoms with Crippen molar-refractivity contribution in [2.75, 3.05) is 0 Å². The number of hydrogen-bond donors (Lipinski definition) is 0. The number of carbonyl (C=O) groups is 1. The van der Waals surface area contributed by atoms with Gasteiger partial charge in [0, 0.05) is 13.5 Å². The molecular weight excluding hydrogens is 218 g/mol. The lowest BCUT2D eigenvalue weighted by atomic mass is 10.1. The highest BCUT2D eigenvalue weighted by atomic mass is 35.5. The van der Waals surface area contributed by atoms with Gasteiger partial charge in [-0.2, -0.15) is 0 Å². The minimum atomic E-state index is -0.463. The molecule has 5 heteroatoms. The van der Waals surface area contributed by atoms with Crippen LogP contribution in [0.2, 0.25) is 5.02 Å². The first-order valence-electron chi connectivity index (χ1n) is 4.35. The van der Waals surface area contributed by atoms with Gasteiger partial charge in [-0.05, 0) is 17.7 Å². The van der Waals surface area contributed by atoms with Crippen molar-refractivity contribution < 1.29 is 9.21 Å². The van der Waals surface area contributed by atoms with Crippen LogP contribution in [0, 0.1) is 0 Å². The summed E-state index contributed by atoms with van der Waals surface area (Å²) in [7, 11) is 1.58. The normalized spacial score (nSPS) is 10.8. The Hall–Kier alpha value is -1.55. The fourth-order valence-electron chi connectivity index (χ4n) is 1.50. The predicted molar refractivity (Wildman–Crippen MR) is 56.2 cm³/mol. The second-order valence-electron chi connectivity index (χ2n) is 3.22. The average Bonchev–Trinajstić information content (AvgIpc) is 2.43. The minimum Gasteiger partial charge on any atom is -0.408 e. The van der Waals surface area contributed by atoms with Gasteiger partial charge in [0.2, 0.25) is 0 Å². The van der Waals surface area contributed by atoms with Gasteiger partial charge in [0.25, 0.3) is 0 Å². The summed E-state index contributed by atoms with van der Waals surface area (Å²) < 4.78 is 6.31. The second-order valence-corrected chi connectivity index (χ2v) is 3.63. The molecule has 2 rings (SSSR count). The van der Waals surface area contributed by atoms with Gasteiger partial charge in [-0.1, -0.05) is 11.6 Å². The van der Waals surface area contributed by atoms with Crippen LogP contribution in [0.15, 0.2) is 21.3 Å². The molecule has 1 heterocycles. The minimum absolute atomic E-state index is 0.258. The molecule has 0 spiro atoms. The molecule has 15 heavy (non-hydrogen) atoms. The fourth-order valence-corrected chi connectivity index (χ4v) is 1.86. The molecule has 0 N–H and O–H groups in total. The molecule has 2 aromatic rings. The molecule has 0 aliphatic heterocycles. The first-order valence-corrected chi connectivity index (χ1v) is 4.73. The molecule has 0 amide bonds. The van der Waals surface area contributed by atoms with Gasteiger partial charge in [-0.3, -0.25) is 4.57 Å². The van der Waals surface area contributed by atoms with E-state index in [1.165, 1.54) is 4.57 Å². The smallest absolute Gasteiger partial charge is 0.408 e. The lowest BCUT2D eigenvalue weighted by molar-refractivity contribution is -0.107. The molecule has 0 saturated heterocycles. The molecule has 0 bridgehead atoms. The van der Waals surface area contributed by atoms with Gasteiger partial charge in [-0.15, -0.1) is 0 Å². The standard InChI is InChI=1S/C10H8ClNO3/c1-12-9-7(11)4-6(2-3-13)5-8(9)15-10(12)14/h3-5H,2H2,1H3. The van der Waals surface area contributed by atoms with Crippen molar-refractivity contribution in [3.05, 3.63) is 33.3 Å². The van der Waals surface area contributed by atoms with Gasteiger partial charge in [-0.25, -0.2) is 4.79 Å². The largest absolute Gasteiger partial charge is 0.419 e. The fraction of sp³-hybridized carbons (Fsp3) is 0.200. The Labute approximate surface area is 90.1 Å². The molecule has 0 atom stereocenters. The Morgan fingerprint density at radius 1 is 1.53 bits per heavy atom. The molecule has 0 fully saturated rings. The second kappa shape index (κ2) is 3.55. The van der Waals surface area contributed by atoms with Crippen molar-refractivity contribution in [1.29, 1.82) is 0 Å². The molecule has 1 aromatic heterocycles. The maximum atomic E-state index is 11.2. The summed E-state index contributed by atoms with van der Waals surface area (Å²) in [4.78, 5) is 21.6. The summed E-state index contributed by atoms with van der Waals surface area (Å²) in [5.41, 5.74) is 1.69. The van der Waals surface area contributed by atoms with Crippen LogP contribution in [0.4, 0.5) is 0 Å². The highest BCUT2D eigenvalue weighted by Gasteiger charge is 2.10. The summed E-state index contributed by atoms with van der Waals surface area (Å²) in [5, 5.41) is 0.415. The van der Waals surface area contributed by atoms with Gasteiger partial charge >= 0.3 is 5.76 Å². The lowest BCUT2D eigenvalue weighted by Crippen LogP contribution is -2.08. The van der Waals surface area contributed by atoms with Crippen molar-refractivity contribution >= 4 is 29.0 Å². The molecule has 4 nitrogen and oxygen atoms in total. The van der Waals surface area contributed by atoms with E-state index in [9.17, 15) is 9.59 Å². The Kier molecular flexibility index (Phi) is 2.36. The summed E-state index contributed by atoms with van der Waals surface area (Å²) in [5.74, 6) is -0.463. The van der Waals surface area contributed by atoms with E-state index in [0.717, 1.165) is 11.8 Å². The van der Waals surface area contributed by atoms with E-state index < -0.39 is 5.76 Å². The zero-order chi connectivity index (χ0) is 11.0. The van der Waals surface area contributed by atoms with Gasteiger partial charge < -0.3 is 9.21 Å². The van der Waals surface area contributed by atoms with Crippen molar-refractivity contribution in [1.82, 2.24) is 4.57 Å². The van der Waals surface area contributed by atoms with Crippen LogP contribution in [-0.2, 0) is 18.3 Å². The number of halogens is 1. The van der Waals surface area contributed by atoms with Crippen LogP contribution in [0.25, 0.3) is 11.1 Å². The maximum absolute atomic E-state index is 11.2. The van der Waals surface area contributed by atoms with Crippen LogP contribution < -0.4 is 5.76 Å². The zero-order valence-electron chi connectivity index (χ0n) is 7.99. The van der Waals surface area contributed by atoms with Crippen molar-refractivity contribution in [2.45, 2.75) is 6.42 Å². The van der Waals surface area contributed by atoms with Gasteiger partial charge in [0.15, 0.2) is 5.58 Å². The Morgan fingerprint density at radius 2 is 2.27 bits per heavy atom. The first kappa shape index (κ1) is 9.98. The number of fused-ring (bicyclic) bond motifs is 1. The third kappa shape index (κ3) is 1.57. The van der Waals surface area contributed by atoms with Crippen LogP contribution in [0.1, 0.15) is 5.56 Å². The maximum Gasteiger partial charge on any atom is 0.419 e. The number of aldehydes is 1. The zero-order valence-corrected chi connectivity index (χ0v) is 8.75. The molecule has 0 aliphatic carbocycles. The molecule has 78 valence electrons. The van der Waals surface area contributed by atoms with Crippen molar-refractivity contribution in [3.8, 4) is 0 Å². The Bertz CT molecular complexity index is 582. The van der Waals surface area contributed by atoms with E-state index in [1.807, 2.05) is 0 Å². The highest BCUT2D eigenvalue weighted by molar-refractivity contribution is 6.35. The quantitative estimate of drug-likeness (QED) is 0.729. The SMILES string of the molecule is Cn1c(=O)oc2cc(CC=O)cc(Cl)c21. The van der Waals surface area contributed by atoms with E-state index in [-0.39, 0.29) is 6.42 Å². The number of benzene rings is 1. The number of oxazole rings is 1. The van der Waals surface area contributed by atoms with Crippen LogP contribution in [-0.4, -0.2) is 10.9 Å². The third-order valence-corrected chi connectivity index (χ3v) is 2.50. The summed E-state index contributed by atoms with van der Waals surface area (Å²) in [6.45, 7) is 0. The number of rotatable bonds is 2. The molecule has 1 aromatic carbocycles. The highest BCUT2D eigenvalue weighted by Crippen LogP contribution is 2.24.